The van der Waals surface area contributed by atoms with Gasteiger partial charge in [0.15, 0.2) is 0 Å². The minimum atomic E-state index is -0.790. The molecule has 1 aliphatic rings. The van der Waals surface area contributed by atoms with Crippen molar-refractivity contribution in [3.8, 4) is 6.07 Å². The van der Waals surface area contributed by atoms with E-state index >= 15 is 0 Å². The minimum absolute atomic E-state index is 0.137. The van der Waals surface area contributed by atoms with E-state index in [0.29, 0.717) is 19.3 Å². The van der Waals surface area contributed by atoms with Gasteiger partial charge in [-0.3, -0.25) is 0 Å². The van der Waals surface area contributed by atoms with Crippen LogP contribution in [0.4, 0.5) is 4.39 Å². The zero-order valence-electron chi connectivity index (χ0n) is 8.79. The van der Waals surface area contributed by atoms with Crippen molar-refractivity contribution in [1.82, 2.24) is 0 Å². The normalized spacial score (nSPS) is 29.2. The highest BCUT2D eigenvalue weighted by atomic mass is 35.5. The summed E-state index contributed by atoms with van der Waals surface area (Å²) in [5.41, 5.74) is 4.83. The third-order valence-electron chi connectivity index (χ3n) is 2.79. The van der Waals surface area contributed by atoms with Crippen LogP contribution in [0, 0.1) is 16.7 Å². The number of hydrogen-bond acceptors (Lipinski definition) is 3. The molecule has 0 amide bonds. The Kier molecular flexibility index (Phi) is 4.34. The molecule has 0 saturated heterocycles. The van der Waals surface area contributed by atoms with Crippen molar-refractivity contribution in [3.63, 3.8) is 0 Å². The molecule has 0 bridgehead atoms. The van der Waals surface area contributed by atoms with Crippen molar-refractivity contribution < 1.29 is 9.50 Å². The third kappa shape index (κ3) is 2.55. The highest BCUT2D eigenvalue weighted by Gasteiger charge is 2.39. The highest BCUT2D eigenvalue weighted by molar-refractivity contribution is 6.23. The highest BCUT2D eigenvalue weighted by Crippen LogP contribution is 2.41. The Morgan fingerprint density at radius 2 is 2.38 bits per heavy atom. The molecule has 3 nitrogen and oxygen atoms in total. The molecule has 0 fully saturated rings. The van der Waals surface area contributed by atoms with Crippen LogP contribution in [0.5, 0.6) is 0 Å². The van der Waals surface area contributed by atoms with Crippen LogP contribution < -0.4 is 5.73 Å². The van der Waals surface area contributed by atoms with Gasteiger partial charge in [0.25, 0.3) is 0 Å². The van der Waals surface area contributed by atoms with Gasteiger partial charge in [0, 0.05) is 24.5 Å². The van der Waals surface area contributed by atoms with E-state index in [0.717, 1.165) is 6.08 Å². The summed E-state index contributed by atoms with van der Waals surface area (Å²) in [6, 6.07) is 2.01. The maximum atomic E-state index is 13.2. The maximum absolute atomic E-state index is 13.2. The zero-order valence-corrected chi connectivity index (χ0v) is 9.54. The van der Waals surface area contributed by atoms with Crippen molar-refractivity contribution in [2.75, 3.05) is 6.54 Å². The van der Waals surface area contributed by atoms with Crippen LogP contribution in [0.25, 0.3) is 0 Å². The van der Waals surface area contributed by atoms with Crippen LogP contribution in [0.15, 0.2) is 23.7 Å². The van der Waals surface area contributed by atoms with E-state index in [1.165, 1.54) is 6.08 Å². The molecule has 1 aliphatic carbocycles. The van der Waals surface area contributed by atoms with Crippen molar-refractivity contribution in [2.24, 2.45) is 11.1 Å². The number of nitrogens with zero attached hydrogens (tertiary/aromatic N) is 1. The first-order valence-electron chi connectivity index (χ1n) is 5.06. The van der Waals surface area contributed by atoms with E-state index in [-0.39, 0.29) is 12.3 Å². The molecule has 0 saturated carbocycles. The molecule has 2 atom stereocenters. The summed E-state index contributed by atoms with van der Waals surface area (Å²) in [6.07, 6.45) is 3.77. The number of nitriles is 1. The molecule has 0 radical (unpaired) electrons. The van der Waals surface area contributed by atoms with Gasteiger partial charge >= 0.3 is 0 Å². The van der Waals surface area contributed by atoms with Crippen LogP contribution >= 0.6 is 11.6 Å². The molecule has 0 aromatic rings. The molecule has 16 heavy (non-hydrogen) atoms. The van der Waals surface area contributed by atoms with E-state index in [9.17, 15) is 9.50 Å². The average Bonchev–Trinajstić information content (AvgIpc) is 2.25. The quantitative estimate of drug-likeness (QED) is 0.590. The second-order valence-corrected chi connectivity index (χ2v) is 4.35. The molecule has 5 heteroatoms. The lowest BCUT2D eigenvalue weighted by atomic mass is 9.76. The number of aliphatic hydroxyl groups is 1. The molecule has 1 rings (SSSR count). The summed E-state index contributed by atoms with van der Waals surface area (Å²) >= 11 is 6.04. The molecule has 0 aromatic carbocycles. The number of halogens is 2. The average molecular weight is 245 g/mol. The topological polar surface area (TPSA) is 70.0 Å². The van der Waals surface area contributed by atoms with Crippen molar-refractivity contribution >= 4 is 11.6 Å². The number of allylic oxidation sites excluding steroid dienone is 3. The molecule has 0 heterocycles. The number of aliphatic hydroxyl groups excluding tert-OH is 1. The van der Waals surface area contributed by atoms with Gasteiger partial charge in [-0.2, -0.15) is 5.26 Å². The van der Waals surface area contributed by atoms with E-state index in [2.05, 4.69) is 0 Å². The molecule has 3 N–H and O–H groups in total. The number of rotatable bonds is 4. The molecular formula is C11H14ClFN2O. The zero-order chi connectivity index (χ0) is 12.2. The van der Waals surface area contributed by atoms with Crippen molar-refractivity contribution in [2.45, 2.75) is 24.6 Å². The summed E-state index contributed by atoms with van der Waals surface area (Å²) in [5, 5.41) is 17.2. The van der Waals surface area contributed by atoms with Crippen LogP contribution in [0.1, 0.15) is 19.3 Å². The summed E-state index contributed by atoms with van der Waals surface area (Å²) in [4.78, 5) is 0. The van der Waals surface area contributed by atoms with Gasteiger partial charge in [-0.25, -0.2) is 4.39 Å². The molecule has 88 valence electrons. The van der Waals surface area contributed by atoms with Crippen molar-refractivity contribution in [1.29, 1.82) is 5.26 Å². The molecule has 0 aromatic heterocycles. The largest absolute Gasteiger partial charge is 0.511 e. The first-order valence-corrected chi connectivity index (χ1v) is 5.49. The SMILES string of the molecule is N#CCCCC1(CN)C=C(F)C=C(O)C1Cl. The number of unbranched alkanes of at least 4 members (excludes halogenated alkanes) is 1. The van der Waals surface area contributed by atoms with Crippen LogP contribution in [0.2, 0.25) is 0 Å². The van der Waals surface area contributed by atoms with Gasteiger partial charge in [-0.1, -0.05) is 0 Å². The first-order chi connectivity index (χ1) is 7.55. The lowest BCUT2D eigenvalue weighted by Gasteiger charge is -2.35. The number of hydrogen-bond donors (Lipinski definition) is 2. The molecule has 0 spiro atoms. The summed E-state index contributed by atoms with van der Waals surface area (Å²) in [7, 11) is 0. The summed E-state index contributed by atoms with van der Waals surface area (Å²) < 4.78 is 13.2. The van der Waals surface area contributed by atoms with Crippen LogP contribution in [0.3, 0.4) is 0 Å². The minimum Gasteiger partial charge on any atom is -0.511 e. The maximum Gasteiger partial charge on any atom is 0.123 e. The molecule has 0 aliphatic heterocycles. The van der Waals surface area contributed by atoms with E-state index in [4.69, 9.17) is 22.6 Å². The second-order valence-electron chi connectivity index (χ2n) is 3.91. The second kappa shape index (κ2) is 5.33. The van der Waals surface area contributed by atoms with Gasteiger partial charge in [0.2, 0.25) is 0 Å². The number of alkyl halides is 1. The Morgan fingerprint density at radius 1 is 1.69 bits per heavy atom. The van der Waals surface area contributed by atoms with Gasteiger partial charge in [-0.15, -0.1) is 11.6 Å². The predicted octanol–water partition coefficient (Wildman–Crippen LogP) is 2.54. The Hall–Kier alpha value is -1.05. The fourth-order valence-electron chi connectivity index (χ4n) is 1.86. The Labute approximate surface area is 99.0 Å². The van der Waals surface area contributed by atoms with Gasteiger partial charge in [0.05, 0.1) is 6.07 Å². The number of nitrogens with two attached hydrogens (primary N) is 1. The van der Waals surface area contributed by atoms with E-state index < -0.39 is 16.6 Å². The monoisotopic (exact) mass is 244 g/mol. The standard InChI is InChI=1S/C11H14ClFN2O/c12-10-9(16)5-8(13)6-11(10,7-15)3-1-2-4-14/h5-6,10,16H,1-3,7,15H2. The Morgan fingerprint density at radius 3 is 2.94 bits per heavy atom. The van der Waals surface area contributed by atoms with Crippen molar-refractivity contribution in [3.05, 3.63) is 23.7 Å². The smallest absolute Gasteiger partial charge is 0.123 e. The lowest BCUT2D eigenvalue weighted by molar-refractivity contribution is 0.273. The lowest BCUT2D eigenvalue weighted by Crippen LogP contribution is -2.40. The van der Waals surface area contributed by atoms with Crippen LogP contribution in [-0.2, 0) is 0 Å². The predicted molar refractivity (Wildman–Crippen MR) is 60.5 cm³/mol. The first kappa shape index (κ1) is 13.0. The summed E-state index contributed by atoms with van der Waals surface area (Å²) in [5.74, 6) is -0.735. The third-order valence-corrected chi connectivity index (χ3v) is 3.44. The molecular weight excluding hydrogens is 231 g/mol. The van der Waals surface area contributed by atoms with Crippen LogP contribution in [-0.4, -0.2) is 17.0 Å². The van der Waals surface area contributed by atoms with Gasteiger partial charge in [0.1, 0.15) is 17.0 Å². The van der Waals surface area contributed by atoms with Gasteiger partial charge in [-0.05, 0) is 18.9 Å². The van der Waals surface area contributed by atoms with E-state index in [1.54, 1.807) is 0 Å². The summed E-state index contributed by atoms with van der Waals surface area (Å²) in [6.45, 7) is 0.137. The fourth-order valence-corrected chi connectivity index (χ4v) is 2.18. The van der Waals surface area contributed by atoms with E-state index in [1.807, 2.05) is 6.07 Å². The Bertz CT molecular complexity index is 361. The van der Waals surface area contributed by atoms with Gasteiger partial charge < -0.3 is 10.8 Å². The Balaban J connectivity index is 2.87. The fraction of sp³-hybridized carbons (Fsp3) is 0.545. The molecule has 2 unspecified atom stereocenters.